The van der Waals surface area contributed by atoms with E-state index in [1.807, 2.05) is 0 Å². The van der Waals surface area contributed by atoms with Gasteiger partial charge >= 0.3 is 11.9 Å². The summed E-state index contributed by atoms with van der Waals surface area (Å²) in [5, 5.41) is 8.46. The highest BCUT2D eigenvalue weighted by Gasteiger charge is 2.17. The molecule has 0 bridgehead atoms. The van der Waals surface area contributed by atoms with Gasteiger partial charge in [-0.3, -0.25) is 4.79 Å². The van der Waals surface area contributed by atoms with Gasteiger partial charge in [0.1, 0.15) is 0 Å². The van der Waals surface area contributed by atoms with Crippen molar-refractivity contribution < 1.29 is 27.9 Å². The van der Waals surface area contributed by atoms with Crippen LogP contribution in [0, 0.1) is 6.92 Å². The fraction of sp³-hybridized carbons (Fsp3) is 0.333. The molecule has 2 N–H and O–H groups in total. The van der Waals surface area contributed by atoms with E-state index >= 15 is 0 Å². The molecular weight excluding hydrogens is 286 g/mol. The van der Waals surface area contributed by atoms with Crippen LogP contribution in [-0.2, 0) is 19.6 Å². The van der Waals surface area contributed by atoms with Crippen LogP contribution < -0.4 is 4.72 Å². The zero-order valence-corrected chi connectivity index (χ0v) is 11.9. The minimum atomic E-state index is -3.79. The van der Waals surface area contributed by atoms with Crippen LogP contribution in [0.15, 0.2) is 23.1 Å². The van der Waals surface area contributed by atoms with E-state index in [-0.39, 0.29) is 23.4 Å². The minimum Gasteiger partial charge on any atom is -0.481 e. The molecule has 20 heavy (non-hydrogen) atoms. The Kier molecular flexibility index (Phi) is 5.23. The van der Waals surface area contributed by atoms with Crippen LogP contribution in [0.4, 0.5) is 0 Å². The topological polar surface area (TPSA) is 110 Å². The summed E-state index contributed by atoms with van der Waals surface area (Å²) in [5.41, 5.74) is 0.731. The summed E-state index contributed by atoms with van der Waals surface area (Å²) in [7, 11) is -2.56. The molecule has 0 aliphatic heterocycles. The summed E-state index contributed by atoms with van der Waals surface area (Å²) < 4.78 is 30.5. The highest BCUT2D eigenvalue weighted by atomic mass is 32.2. The molecule has 0 aliphatic carbocycles. The maximum atomic E-state index is 11.9. The zero-order chi connectivity index (χ0) is 15.3. The number of sulfonamides is 1. The molecule has 0 radical (unpaired) electrons. The lowest BCUT2D eigenvalue weighted by Crippen LogP contribution is -2.26. The molecular formula is C12H15NO6S. The molecule has 0 spiro atoms. The molecule has 1 rings (SSSR count). The summed E-state index contributed by atoms with van der Waals surface area (Å²) >= 11 is 0. The van der Waals surface area contributed by atoms with Gasteiger partial charge in [0.05, 0.1) is 24.0 Å². The average molecular weight is 301 g/mol. The quantitative estimate of drug-likeness (QED) is 0.742. The van der Waals surface area contributed by atoms with Crippen molar-refractivity contribution in [1.82, 2.24) is 4.72 Å². The molecule has 0 atom stereocenters. The molecule has 0 fully saturated rings. The minimum absolute atomic E-state index is 0.0342. The number of aryl methyl sites for hydroxylation is 1. The number of methoxy groups -OCH3 is 1. The van der Waals surface area contributed by atoms with Crippen LogP contribution in [-0.4, -0.2) is 39.1 Å². The first-order valence-corrected chi connectivity index (χ1v) is 7.16. The van der Waals surface area contributed by atoms with Gasteiger partial charge in [0.15, 0.2) is 0 Å². The molecule has 0 heterocycles. The third kappa shape index (κ3) is 4.04. The smallest absolute Gasteiger partial charge is 0.338 e. The maximum absolute atomic E-state index is 11.9. The van der Waals surface area contributed by atoms with Crippen molar-refractivity contribution in [1.29, 1.82) is 0 Å². The number of esters is 1. The monoisotopic (exact) mass is 301 g/mol. The molecule has 110 valence electrons. The van der Waals surface area contributed by atoms with Gasteiger partial charge in [-0.05, 0) is 30.7 Å². The van der Waals surface area contributed by atoms with Crippen LogP contribution in [0.3, 0.4) is 0 Å². The summed E-state index contributed by atoms with van der Waals surface area (Å²) in [6, 6.07) is 3.95. The van der Waals surface area contributed by atoms with Gasteiger partial charge in [0.25, 0.3) is 0 Å². The number of rotatable bonds is 6. The maximum Gasteiger partial charge on any atom is 0.338 e. The zero-order valence-electron chi connectivity index (χ0n) is 11.0. The lowest BCUT2D eigenvalue weighted by Gasteiger charge is -2.08. The second-order valence-electron chi connectivity index (χ2n) is 4.01. The first-order valence-electron chi connectivity index (χ1n) is 5.68. The highest BCUT2D eigenvalue weighted by Crippen LogP contribution is 2.16. The van der Waals surface area contributed by atoms with Crippen molar-refractivity contribution in [3.63, 3.8) is 0 Å². The van der Waals surface area contributed by atoms with E-state index in [0.717, 1.165) is 0 Å². The van der Waals surface area contributed by atoms with Crippen LogP contribution in [0.1, 0.15) is 22.3 Å². The van der Waals surface area contributed by atoms with Crippen molar-refractivity contribution in [2.24, 2.45) is 0 Å². The Morgan fingerprint density at radius 1 is 1.35 bits per heavy atom. The lowest BCUT2D eigenvalue weighted by atomic mass is 10.1. The fourth-order valence-electron chi connectivity index (χ4n) is 1.52. The molecule has 1 aromatic carbocycles. The van der Waals surface area contributed by atoms with Crippen molar-refractivity contribution >= 4 is 22.0 Å². The average Bonchev–Trinajstić information content (AvgIpc) is 2.37. The Hall–Kier alpha value is -1.93. The fourth-order valence-corrected chi connectivity index (χ4v) is 2.63. The van der Waals surface area contributed by atoms with Gasteiger partial charge < -0.3 is 9.84 Å². The number of carbonyl (C=O) groups excluding carboxylic acids is 1. The number of ether oxygens (including phenoxy) is 1. The Labute approximate surface area is 116 Å². The highest BCUT2D eigenvalue weighted by molar-refractivity contribution is 7.89. The van der Waals surface area contributed by atoms with Crippen LogP contribution in [0.5, 0.6) is 0 Å². The summed E-state index contributed by atoms with van der Waals surface area (Å²) in [5.74, 6) is -1.64. The Morgan fingerprint density at radius 3 is 2.50 bits per heavy atom. The second-order valence-corrected chi connectivity index (χ2v) is 5.78. The number of benzene rings is 1. The predicted molar refractivity (Wildman–Crippen MR) is 70.0 cm³/mol. The third-order valence-corrected chi connectivity index (χ3v) is 4.00. The first kappa shape index (κ1) is 16.1. The van der Waals surface area contributed by atoms with Gasteiger partial charge in [-0.15, -0.1) is 0 Å². The van der Waals surface area contributed by atoms with Crippen molar-refractivity contribution in [3.05, 3.63) is 29.3 Å². The van der Waals surface area contributed by atoms with E-state index in [0.29, 0.717) is 5.56 Å². The van der Waals surface area contributed by atoms with E-state index in [2.05, 4.69) is 9.46 Å². The van der Waals surface area contributed by atoms with E-state index in [9.17, 15) is 18.0 Å². The number of carboxylic acids is 1. The number of carbonyl (C=O) groups is 2. The van der Waals surface area contributed by atoms with Gasteiger partial charge in [-0.2, -0.15) is 0 Å². The lowest BCUT2D eigenvalue weighted by molar-refractivity contribution is -0.136. The normalized spacial score (nSPS) is 11.1. The molecule has 1 aromatic rings. The van der Waals surface area contributed by atoms with E-state index in [1.165, 1.54) is 25.3 Å². The molecule has 0 aliphatic rings. The molecule has 0 unspecified atom stereocenters. The largest absolute Gasteiger partial charge is 0.481 e. The molecule has 7 nitrogen and oxygen atoms in total. The van der Waals surface area contributed by atoms with Gasteiger partial charge in [0, 0.05) is 6.54 Å². The van der Waals surface area contributed by atoms with Gasteiger partial charge in [-0.25, -0.2) is 17.9 Å². The summed E-state index contributed by atoms with van der Waals surface area (Å²) in [6.07, 6.45) is -0.307. The molecule has 0 aromatic heterocycles. The first-order chi connectivity index (χ1) is 9.27. The Bertz CT molecular complexity index is 623. The predicted octanol–water partition coefficient (Wildman–Crippen LogP) is 0.535. The number of hydrogen-bond acceptors (Lipinski definition) is 5. The molecule has 0 saturated heterocycles. The summed E-state index contributed by atoms with van der Waals surface area (Å²) in [4.78, 5) is 21.7. The van der Waals surface area contributed by atoms with Crippen LogP contribution in [0.25, 0.3) is 0 Å². The third-order valence-electron chi connectivity index (χ3n) is 2.54. The van der Waals surface area contributed by atoms with Gasteiger partial charge in [0.2, 0.25) is 10.0 Å². The molecule has 0 amide bonds. The van der Waals surface area contributed by atoms with E-state index < -0.39 is 22.0 Å². The number of nitrogens with one attached hydrogen (secondary N) is 1. The number of carboxylic acid groups (broad SMARTS) is 1. The Morgan fingerprint density at radius 2 is 2.00 bits per heavy atom. The van der Waals surface area contributed by atoms with E-state index in [1.54, 1.807) is 6.92 Å². The van der Waals surface area contributed by atoms with E-state index in [4.69, 9.17) is 5.11 Å². The Balaban J connectivity index is 2.94. The molecule has 0 saturated carbocycles. The van der Waals surface area contributed by atoms with Crippen molar-refractivity contribution in [3.8, 4) is 0 Å². The van der Waals surface area contributed by atoms with Crippen LogP contribution >= 0.6 is 0 Å². The molecule has 8 heteroatoms. The number of aliphatic carboxylic acids is 1. The SMILES string of the molecule is COC(=O)c1ccc(S(=O)(=O)NCCC(=O)O)cc1C. The summed E-state index contributed by atoms with van der Waals surface area (Å²) in [6.45, 7) is 1.39. The van der Waals surface area contributed by atoms with Crippen LogP contribution in [0.2, 0.25) is 0 Å². The van der Waals surface area contributed by atoms with Crippen molar-refractivity contribution in [2.45, 2.75) is 18.2 Å². The van der Waals surface area contributed by atoms with Crippen molar-refractivity contribution in [2.75, 3.05) is 13.7 Å². The number of hydrogen-bond donors (Lipinski definition) is 2. The standard InChI is InChI=1S/C12H15NO6S/c1-8-7-9(3-4-10(8)12(16)19-2)20(17,18)13-6-5-11(14)15/h3-4,7,13H,5-6H2,1-2H3,(H,14,15). The second kappa shape index (κ2) is 6.49. The van der Waals surface area contributed by atoms with Gasteiger partial charge in [-0.1, -0.05) is 0 Å².